The fraction of sp³-hybridized carbons (Fsp3) is 0.667. The van der Waals surface area contributed by atoms with E-state index in [1.165, 1.54) is 0 Å². The Morgan fingerprint density at radius 3 is 2.47 bits per heavy atom. The van der Waals surface area contributed by atoms with Crippen LogP contribution in [0, 0.1) is 0 Å². The minimum absolute atomic E-state index is 0.0131. The Balaban J connectivity index is 2.61. The van der Waals surface area contributed by atoms with Gasteiger partial charge >= 0.3 is 12.1 Å². The summed E-state index contributed by atoms with van der Waals surface area (Å²) in [6, 6.07) is 0. The van der Waals surface area contributed by atoms with Gasteiger partial charge in [0.1, 0.15) is 11.3 Å². The van der Waals surface area contributed by atoms with Gasteiger partial charge in [0, 0.05) is 6.42 Å². The van der Waals surface area contributed by atoms with Crippen LogP contribution in [0.25, 0.3) is 0 Å². The Labute approximate surface area is 87.5 Å². The molecule has 84 valence electrons. The number of nitrogens with zero attached hydrogens (tertiary/aromatic N) is 2. The van der Waals surface area contributed by atoms with Gasteiger partial charge < -0.3 is 9.84 Å². The molecule has 6 nitrogen and oxygen atoms in total. The van der Waals surface area contributed by atoms with Crippen molar-refractivity contribution in [2.24, 2.45) is 5.10 Å². The van der Waals surface area contributed by atoms with Crippen LogP contribution in [0.2, 0.25) is 0 Å². The number of rotatable bonds is 1. The maximum Gasteiger partial charge on any atom is 0.430 e. The molecule has 1 aliphatic heterocycles. The molecule has 0 atom stereocenters. The maximum atomic E-state index is 11.4. The summed E-state index contributed by atoms with van der Waals surface area (Å²) in [6.07, 6.45) is -0.354. The highest BCUT2D eigenvalue weighted by atomic mass is 16.6. The van der Waals surface area contributed by atoms with Crippen molar-refractivity contribution in [1.82, 2.24) is 5.01 Å². The smallest absolute Gasteiger partial charge is 0.430 e. The molecule has 0 aromatic carbocycles. The molecule has 1 heterocycles. The topological polar surface area (TPSA) is 79.2 Å². The van der Waals surface area contributed by atoms with Crippen molar-refractivity contribution in [2.75, 3.05) is 6.54 Å². The van der Waals surface area contributed by atoms with E-state index >= 15 is 0 Å². The van der Waals surface area contributed by atoms with Crippen LogP contribution in [0.4, 0.5) is 4.79 Å². The second-order valence-electron chi connectivity index (χ2n) is 4.21. The van der Waals surface area contributed by atoms with Gasteiger partial charge in [0.25, 0.3) is 0 Å². The molecule has 0 aliphatic carbocycles. The van der Waals surface area contributed by atoms with Crippen LogP contribution in [-0.4, -0.2) is 40.0 Å². The number of ether oxygens (including phenoxy) is 1. The zero-order valence-electron chi connectivity index (χ0n) is 8.98. The van der Waals surface area contributed by atoms with Gasteiger partial charge in [-0.2, -0.15) is 10.1 Å². The van der Waals surface area contributed by atoms with Crippen molar-refractivity contribution < 1.29 is 19.4 Å². The van der Waals surface area contributed by atoms with Gasteiger partial charge in [-0.15, -0.1) is 0 Å². The highest BCUT2D eigenvalue weighted by Gasteiger charge is 2.28. The number of aliphatic carboxylic acids is 1. The van der Waals surface area contributed by atoms with Crippen molar-refractivity contribution in [2.45, 2.75) is 32.8 Å². The first kappa shape index (κ1) is 11.5. The van der Waals surface area contributed by atoms with Gasteiger partial charge in [-0.3, -0.25) is 0 Å². The number of hydrogen-bond donors (Lipinski definition) is 1. The number of hydrazone groups is 1. The number of carboxylic acids is 1. The van der Waals surface area contributed by atoms with E-state index in [1.54, 1.807) is 20.8 Å². The minimum Gasteiger partial charge on any atom is -0.477 e. The lowest BCUT2D eigenvalue weighted by molar-refractivity contribution is -0.129. The molecule has 0 spiro atoms. The molecule has 1 N–H and O–H groups in total. The predicted octanol–water partition coefficient (Wildman–Crippen LogP) is 1.07. The summed E-state index contributed by atoms with van der Waals surface area (Å²) in [5, 5.41) is 13.3. The fourth-order valence-electron chi connectivity index (χ4n) is 1.05. The molecule has 1 rings (SSSR count). The molecule has 1 amide bonds. The Kier molecular flexibility index (Phi) is 2.97. The van der Waals surface area contributed by atoms with Crippen molar-refractivity contribution in [1.29, 1.82) is 0 Å². The van der Waals surface area contributed by atoms with Gasteiger partial charge in [-0.1, -0.05) is 0 Å². The monoisotopic (exact) mass is 214 g/mol. The molecule has 0 saturated heterocycles. The average molecular weight is 214 g/mol. The largest absolute Gasteiger partial charge is 0.477 e. The van der Waals surface area contributed by atoms with Gasteiger partial charge in [0.05, 0.1) is 6.54 Å². The molecule has 0 aromatic rings. The maximum absolute atomic E-state index is 11.4. The highest BCUT2D eigenvalue weighted by Crippen LogP contribution is 2.13. The van der Waals surface area contributed by atoms with Gasteiger partial charge in [0.15, 0.2) is 0 Å². The Morgan fingerprint density at radius 1 is 1.47 bits per heavy atom. The summed E-state index contributed by atoms with van der Waals surface area (Å²) in [5.41, 5.74) is -0.612. The van der Waals surface area contributed by atoms with E-state index in [4.69, 9.17) is 9.84 Å². The second kappa shape index (κ2) is 3.88. The van der Waals surface area contributed by atoms with E-state index in [9.17, 15) is 9.59 Å². The van der Waals surface area contributed by atoms with Crippen LogP contribution in [0.5, 0.6) is 0 Å². The van der Waals surface area contributed by atoms with Crippen LogP contribution in [0.1, 0.15) is 27.2 Å². The van der Waals surface area contributed by atoms with Crippen LogP contribution < -0.4 is 0 Å². The molecule has 15 heavy (non-hydrogen) atoms. The summed E-state index contributed by atoms with van der Waals surface area (Å²) in [5.74, 6) is -1.10. The van der Waals surface area contributed by atoms with Crippen molar-refractivity contribution in [3.05, 3.63) is 0 Å². The van der Waals surface area contributed by atoms with Crippen LogP contribution in [0.3, 0.4) is 0 Å². The van der Waals surface area contributed by atoms with Crippen LogP contribution >= 0.6 is 0 Å². The minimum atomic E-state index is -1.10. The SMILES string of the molecule is CC(C)(C)OC(=O)N1CCC(C(=O)O)=N1. The first-order chi connectivity index (χ1) is 6.79. The van der Waals surface area contributed by atoms with Crippen molar-refractivity contribution in [3.63, 3.8) is 0 Å². The van der Waals surface area contributed by atoms with E-state index in [-0.39, 0.29) is 18.7 Å². The highest BCUT2D eigenvalue weighted by molar-refractivity contribution is 6.36. The van der Waals surface area contributed by atoms with Gasteiger partial charge in [0.2, 0.25) is 0 Å². The standard InChI is InChI=1S/C9H14N2O4/c1-9(2,3)15-8(14)11-5-4-6(10-11)7(12)13/h4-5H2,1-3H3,(H,12,13). The van der Waals surface area contributed by atoms with Crippen molar-refractivity contribution in [3.8, 4) is 0 Å². The summed E-state index contributed by atoms with van der Waals surface area (Å²) in [7, 11) is 0. The quantitative estimate of drug-likeness (QED) is 0.708. The number of carboxylic acid groups (broad SMARTS) is 1. The first-order valence-corrected chi connectivity index (χ1v) is 4.61. The number of amides is 1. The molecular weight excluding hydrogens is 200 g/mol. The normalized spacial score (nSPS) is 16.2. The zero-order valence-corrected chi connectivity index (χ0v) is 8.98. The molecule has 0 fully saturated rings. The summed E-state index contributed by atoms with van der Waals surface area (Å²) >= 11 is 0. The lowest BCUT2D eigenvalue weighted by Crippen LogP contribution is -2.32. The molecule has 0 saturated carbocycles. The second-order valence-corrected chi connectivity index (χ2v) is 4.21. The van der Waals surface area contributed by atoms with Crippen LogP contribution in [-0.2, 0) is 9.53 Å². The number of carbonyl (C=O) groups excluding carboxylic acids is 1. The van der Waals surface area contributed by atoms with Crippen molar-refractivity contribution >= 4 is 17.8 Å². The third-order valence-electron chi connectivity index (χ3n) is 1.65. The fourth-order valence-corrected chi connectivity index (χ4v) is 1.05. The lowest BCUT2D eigenvalue weighted by Gasteiger charge is -2.22. The lowest BCUT2D eigenvalue weighted by atomic mass is 10.2. The molecule has 0 unspecified atom stereocenters. The third kappa shape index (κ3) is 3.23. The van der Waals surface area contributed by atoms with E-state index in [0.29, 0.717) is 0 Å². The van der Waals surface area contributed by atoms with Gasteiger partial charge in [-0.25, -0.2) is 9.59 Å². The van der Waals surface area contributed by atoms with E-state index in [0.717, 1.165) is 5.01 Å². The summed E-state index contributed by atoms with van der Waals surface area (Å²) < 4.78 is 5.04. The summed E-state index contributed by atoms with van der Waals surface area (Å²) in [6.45, 7) is 5.48. The number of hydrogen-bond acceptors (Lipinski definition) is 4. The third-order valence-corrected chi connectivity index (χ3v) is 1.65. The predicted molar refractivity (Wildman–Crippen MR) is 52.6 cm³/mol. The molecule has 0 bridgehead atoms. The van der Waals surface area contributed by atoms with Gasteiger partial charge in [-0.05, 0) is 20.8 Å². The van der Waals surface area contributed by atoms with E-state index in [1.807, 2.05) is 0 Å². The molecular formula is C9H14N2O4. The Hall–Kier alpha value is -1.59. The first-order valence-electron chi connectivity index (χ1n) is 4.61. The zero-order chi connectivity index (χ0) is 11.6. The molecule has 0 radical (unpaired) electrons. The van der Waals surface area contributed by atoms with Crippen LogP contribution in [0.15, 0.2) is 5.10 Å². The van der Waals surface area contributed by atoms with E-state index in [2.05, 4.69) is 5.10 Å². The summed E-state index contributed by atoms with van der Waals surface area (Å²) in [4.78, 5) is 22.0. The average Bonchev–Trinajstić information content (AvgIpc) is 2.47. The number of carbonyl (C=O) groups is 2. The molecule has 1 aliphatic rings. The van der Waals surface area contributed by atoms with E-state index < -0.39 is 17.7 Å². The Bertz CT molecular complexity index is 317. The molecule has 6 heteroatoms. The Morgan fingerprint density at radius 2 is 2.07 bits per heavy atom. The molecule has 0 aromatic heterocycles.